The second kappa shape index (κ2) is 7.85. The maximum atomic E-state index is 12.8. The van der Waals surface area contributed by atoms with Crippen LogP contribution in [0.5, 0.6) is 0 Å². The Morgan fingerprint density at radius 3 is 2.80 bits per heavy atom. The molecule has 0 bridgehead atoms. The van der Waals surface area contributed by atoms with Gasteiger partial charge in [-0.05, 0) is 52.5 Å². The van der Waals surface area contributed by atoms with E-state index in [1.807, 2.05) is 26.2 Å². The number of carbonyl (C=O) groups is 1. The molecule has 25 heavy (non-hydrogen) atoms. The lowest BCUT2D eigenvalue weighted by molar-refractivity contribution is -0.135. The molecule has 0 aliphatic carbocycles. The molecule has 0 aromatic carbocycles. The summed E-state index contributed by atoms with van der Waals surface area (Å²) >= 11 is 0. The predicted molar refractivity (Wildman–Crippen MR) is 97.3 cm³/mol. The Hall–Kier alpha value is -2.11. The number of likely N-dealkylation sites (tertiary alicyclic amines) is 1. The third-order valence-corrected chi connectivity index (χ3v) is 5.15. The molecule has 1 atom stereocenters. The summed E-state index contributed by atoms with van der Waals surface area (Å²) in [5.74, 6) is 1.29. The van der Waals surface area contributed by atoms with Gasteiger partial charge in [0.05, 0.1) is 18.3 Å². The zero-order valence-electron chi connectivity index (χ0n) is 15.6. The van der Waals surface area contributed by atoms with E-state index in [4.69, 9.17) is 0 Å². The second-order valence-electron chi connectivity index (χ2n) is 7.12. The van der Waals surface area contributed by atoms with Gasteiger partial charge >= 0.3 is 0 Å². The molecule has 2 aromatic rings. The van der Waals surface area contributed by atoms with E-state index in [0.717, 1.165) is 50.4 Å². The van der Waals surface area contributed by atoms with Crippen LogP contribution in [0.15, 0.2) is 18.5 Å². The Labute approximate surface area is 149 Å². The highest BCUT2D eigenvalue weighted by Crippen LogP contribution is 2.21. The Kier molecular flexibility index (Phi) is 5.56. The van der Waals surface area contributed by atoms with Crippen molar-refractivity contribution in [2.24, 2.45) is 0 Å². The van der Waals surface area contributed by atoms with Crippen molar-refractivity contribution in [1.82, 2.24) is 24.2 Å². The fourth-order valence-corrected chi connectivity index (χ4v) is 3.76. The van der Waals surface area contributed by atoms with Crippen molar-refractivity contribution < 1.29 is 4.79 Å². The first kappa shape index (κ1) is 17.7. The zero-order valence-corrected chi connectivity index (χ0v) is 15.6. The maximum Gasteiger partial charge on any atom is 0.222 e. The Morgan fingerprint density at radius 2 is 2.12 bits per heavy atom. The average Bonchev–Trinajstić information content (AvgIpc) is 3.13. The van der Waals surface area contributed by atoms with Gasteiger partial charge in [0.25, 0.3) is 0 Å². The van der Waals surface area contributed by atoms with Crippen molar-refractivity contribution in [1.29, 1.82) is 0 Å². The summed E-state index contributed by atoms with van der Waals surface area (Å²) in [4.78, 5) is 19.1. The number of amides is 1. The summed E-state index contributed by atoms with van der Waals surface area (Å²) in [7, 11) is 0. The van der Waals surface area contributed by atoms with Crippen LogP contribution in [0.4, 0.5) is 0 Å². The minimum absolute atomic E-state index is 0.272. The van der Waals surface area contributed by atoms with Crippen molar-refractivity contribution >= 4 is 5.91 Å². The molecule has 6 heteroatoms. The summed E-state index contributed by atoms with van der Waals surface area (Å²) < 4.78 is 4.16. The fraction of sp³-hybridized carbons (Fsp3) is 0.632. The SMILES string of the molecule is Cc1cc(C)n(C[C@H]2CCCCN2C(=O)CCCn2ccnc2C)n1. The third kappa shape index (κ3) is 4.30. The number of hydrogen-bond donors (Lipinski definition) is 0. The summed E-state index contributed by atoms with van der Waals surface area (Å²) in [6, 6.07) is 2.37. The molecule has 6 nitrogen and oxygen atoms in total. The molecule has 1 saturated heterocycles. The van der Waals surface area contributed by atoms with Crippen LogP contribution < -0.4 is 0 Å². The molecule has 0 radical (unpaired) electrons. The monoisotopic (exact) mass is 343 g/mol. The molecular weight excluding hydrogens is 314 g/mol. The van der Waals surface area contributed by atoms with Crippen LogP contribution in [0.3, 0.4) is 0 Å². The number of rotatable bonds is 6. The molecule has 1 aliphatic heterocycles. The molecule has 2 aromatic heterocycles. The van der Waals surface area contributed by atoms with Gasteiger partial charge in [-0.3, -0.25) is 9.48 Å². The van der Waals surface area contributed by atoms with Crippen molar-refractivity contribution in [2.75, 3.05) is 6.54 Å². The standard InChI is InChI=1S/C19H29N5O/c1-15-13-16(2)24(21-15)14-18-7-4-5-11-23(18)19(25)8-6-10-22-12-9-20-17(22)3/h9,12-13,18H,4-8,10-11,14H2,1-3H3/t18-/m1/s1. The van der Waals surface area contributed by atoms with Gasteiger partial charge < -0.3 is 9.47 Å². The van der Waals surface area contributed by atoms with Gasteiger partial charge in [0, 0.05) is 37.6 Å². The minimum Gasteiger partial charge on any atom is -0.338 e. The molecule has 1 aliphatic rings. The van der Waals surface area contributed by atoms with E-state index in [1.54, 1.807) is 0 Å². The molecule has 3 heterocycles. The molecule has 136 valence electrons. The minimum atomic E-state index is 0.272. The largest absolute Gasteiger partial charge is 0.338 e. The lowest BCUT2D eigenvalue weighted by Crippen LogP contribution is -2.46. The van der Waals surface area contributed by atoms with E-state index in [9.17, 15) is 4.79 Å². The molecular formula is C19H29N5O. The van der Waals surface area contributed by atoms with Gasteiger partial charge in [-0.15, -0.1) is 0 Å². The van der Waals surface area contributed by atoms with E-state index >= 15 is 0 Å². The second-order valence-corrected chi connectivity index (χ2v) is 7.12. The Bertz CT molecular complexity index is 717. The highest BCUT2D eigenvalue weighted by atomic mass is 16.2. The van der Waals surface area contributed by atoms with Crippen LogP contribution in [0, 0.1) is 20.8 Å². The van der Waals surface area contributed by atoms with E-state index in [0.29, 0.717) is 6.42 Å². The first-order valence-electron chi connectivity index (χ1n) is 9.33. The van der Waals surface area contributed by atoms with E-state index in [1.165, 1.54) is 12.1 Å². The molecule has 1 fully saturated rings. The molecule has 0 N–H and O–H groups in total. The van der Waals surface area contributed by atoms with Gasteiger partial charge in [0.1, 0.15) is 5.82 Å². The zero-order chi connectivity index (χ0) is 17.8. The molecule has 0 spiro atoms. The number of carbonyl (C=O) groups excluding carboxylic acids is 1. The fourth-order valence-electron chi connectivity index (χ4n) is 3.76. The summed E-state index contributed by atoms with van der Waals surface area (Å²) in [6.45, 7) is 8.65. The van der Waals surface area contributed by atoms with Crippen LogP contribution in [0.1, 0.15) is 49.3 Å². The summed E-state index contributed by atoms with van der Waals surface area (Å²) in [5, 5.41) is 4.57. The van der Waals surface area contributed by atoms with Gasteiger partial charge in [0.15, 0.2) is 0 Å². The van der Waals surface area contributed by atoms with E-state index in [2.05, 4.69) is 37.2 Å². The van der Waals surface area contributed by atoms with Gasteiger partial charge in [-0.25, -0.2) is 4.98 Å². The normalized spacial score (nSPS) is 17.9. The predicted octanol–water partition coefficient (Wildman–Crippen LogP) is 2.87. The Balaban J connectivity index is 1.57. The van der Waals surface area contributed by atoms with Crippen molar-refractivity contribution in [3.05, 3.63) is 35.7 Å². The number of aromatic nitrogens is 4. The smallest absolute Gasteiger partial charge is 0.222 e. The number of nitrogens with zero attached hydrogens (tertiary/aromatic N) is 5. The van der Waals surface area contributed by atoms with Gasteiger partial charge in [0.2, 0.25) is 5.91 Å². The summed E-state index contributed by atoms with van der Waals surface area (Å²) in [5.41, 5.74) is 2.22. The number of piperidine rings is 1. The quantitative estimate of drug-likeness (QED) is 0.810. The number of hydrogen-bond acceptors (Lipinski definition) is 3. The highest BCUT2D eigenvalue weighted by molar-refractivity contribution is 5.76. The average molecular weight is 343 g/mol. The Morgan fingerprint density at radius 1 is 1.28 bits per heavy atom. The molecule has 0 unspecified atom stereocenters. The number of aryl methyl sites for hydroxylation is 4. The first-order valence-corrected chi connectivity index (χ1v) is 9.33. The highest BCUT2D eigenvalue weighted by Gasteiger charge is 2.27. The lowest BCUT2D eigenvalue weighted by atomic mass is 10.0. The van der Waals surface area contributed by atoms with Gasteiger partial charge in [-0.2, -0.15) is 5.10 Å². The topological polar surface area (TPSA) is 56.0 Å². The number of imidazole rings is 1. The van der Waals surface area contributed by atoms with E-state index < -0.39 is 0 Å². The van der Waals surface area contributed by atoms with Crippen LogP contribution in [0.2, 0.25) is 0 Å². The third-order valence-electron chi connectivity index (χ3n) is 5.15. The maximum absolute atomic E-state index is 12.8. The van der Waals surface area contributed by atoms with Crippen molar-refractivity contribution in [2.45, 2.75) is 72.0 Å². The van der Waals surface area contributed by atoms with E-state index in [-0.39, 0.29) is 11.9 Å². The van der Waals surface area contributed by atoms with Crippen LogP contribution in [-0.2, 0) is 17.9 Å². The van der Waals surface area contributed by atoms with Crippen LogP contribution in [-0.4, -0.2) is 42.7 Å². The van der Waals surface area contributed by atoms with Crippen molar-refractivity contribution in [3.63, 3.8) is 0 Å². The molecule has 1 amide bonds. The summed E-state index contributed by atoms with van der Waals surface area (Å²) in [6.07, 6.45) is 8.63. The lowest BCUT2D eigenvalue weighted by Gasteiger charge is -2.36. The molecule has 0 saturated carbocycles. The first-order chi connectivity index (χ1) is 12.0. The van der Waals surface area contributed by atoms with Crippen LogP contribution >= 0.6 is 0 Å². The van der Waals surface area contributed by atoms with Gasteiger partial charge in [-0.1, -0.05) is 0 Å². The van der Waals surface area contributed by atoms with Crippen molar-refractivity contribution in [3.8, 4) is 0 Å². The molecule has 3 rings (SSSR count). The van der Waals surface area contributed by atoms with Crippen LogP contribution in [0.25, 0.3) is 0 Å².